The summed E-state index contributed by atoms with van der Waals surface area (Å²) in [6.45, 7) is 5.35. The number of hydrogen-bond acceptors (Lipinski definition) is 2. The van der Waals surface area contributed by atoms with E-state index in [4.69, 9.17) is 0 Å². The van der Waals surface area contributed by atoms with E-state index in [1.54, 1.807) is 32.9 Å². The van der Waals surface area contributed by atoms with Crippen molar-refractivity contribution in [1.82, 2.24) is 5.32 Å². The van der Waals surface area contributed by atoms with Crippen LogP contribution < -0.4 is 5.32 Å². The van der Waals surface area contributed by atoms with Gasteiger partial charge >= 0.3 is 5.97 Å². The molecule has 0 aromatic heterocycles. The van der Waals surface area contributed by atoms with E-state index in [9.17, 15) is 14.7 Å². The molecule has 110 valence electrons. The van der Waals surface area contributed by atoms with Crippen LogP contribution in [0.15, 0.2) is 42.5 Å². The normalized spacial score (nSPS) is 12.9. The Kier molecular flexibility index (Phi) is 3.98. The summed E-state index contributed by atoms with van der Waals surface area (Å²) in [5.41, 5.74) is -0.0950. The summed E-state index contributed by atoms with van der Waals surface area (Å²) in [5, 5.41) is 13.9. The number of benzene rings is 2. The lowest BCUT2D eigenvalue weighted by molar-refractivity contribution is -0.142. The highest BCUT2D eigenvalue weighted by molar-refractivity contribution is 6.00. The molecule has 0 saturated carbocycles. The van der Waals surface area contributed by atoms with Gasteiger partial charge in [0, 0.05) is 5.56 Å². The minimum Gasteiger partial charge on any atom is -0.480 e. The van der Waals surface area contributed by atoms with E-state index in [-0.39, 0.29) is 5.91 Å². The third kappa shape index (κ3) is 3.40. The maximum absolute atomic E-state index is 12.3. The third-order valence-corrected chi connectivity index (χ3v) is 3.40. The van der Waals surface area contributed by atoms with Gasteiger partial charge < -0.3 is 10.4 Å². The monoisotopic (exact) mass is 285 g/mol. The highest BCUT2D eigenvalue weighted by Gasteiger charge is 2.32. The van der Waals surface area contributed by atoms with Crippen LogP contribution in [0.2, 0.25) is 0 Å². The molecule has 0 aliphatic carbocycles. The fraction of sp³-hybridized carbons (Fsp3) is 0.294. The highest BCUT2D eigenvalue weighted by Crippen LogP contribution is 2.21. The van der Waals surface area contributed by atoms with E-state index >= 15 is 0 Å². The molecule has 0 aliphatic rings. The number of fused-ring (bicyclic) bond motifs is 1. The molecule has 0 spiro atoms. The number of carboxylic acids is 1. The van der Waals surface area contributed by atoms with Crippen molar-refractivity contribution >= 4 is 22.6 Å². The molecule has 0 heterocycles. The summed E-state index contributed by atoms with van der Waals surface area (Å²) in [5.74, 6) is -1.40. The molecule has 2 N–H and O–H groups in total. The first kappa shape index (κ1) is 15.0. The van der Waals surface area contributed by atoms with Crippen molar-refractivity contribution in [1.29, 1.82) is 0 Å². The van der Waals surface area contributed by atoms with Crippen molar-refractivity contribution in [3.63, 3.8) is 0 Å². The number of nitrogens with one attached hydrogen (secondary N) is 1. The van der Waals surface area contributed by atoms with Gasteiger partial charge in [-0.05, 0) is 28.3 Å². The molecule has 2 aromatic rings. The first-order chi connectivity index (χ1) is 9.79. The van der Waals surface area contributed by atoms with Crippen LogP contribution in [0.4, 0.5) is 0 Å². The Morgan fingerprint density at radius 2 is 1.67 bits per heavy atom. The van der Waals surface area contributed by atoms with Gasteiger partial charge in [-0.1, -0.05) is 51.1 Å². The summed E-state index contributed by atoms with van der Waals surface area (Å²) < 4.78 is 0. The Balaban J connectivity index is 2.27. The molecule has 4 heteroatoms. The van der Waals surface area contributed by atoms with Crippen LogP contribution in [0.5, 0.6) is 0 Å². The predicted octanol–water partition coefficient (Wildman–Crippen LogP) is 3.07. The Bertz CT molecular complexity index is 686. The van der Waals surface area contributed by atoms with E-state index in [2.05, 4.69) is 5.32 Å². The Morgan fingerprint density at radius 3 is 2.24 bits per heavy atom. The van der Waals surface area contributed by atoms with Crippen molar-refractivity contribution in [3.05, 3.63) is 48.0 Å². The fourth-order valence-electron chi connectivity index (χ4n) is 2.19. The number of carbonyl (C=O) groups is 2. The van der Waals surface area contributed by atoms with E-state index in [0.29, 0.717) is 5.56 Å². The number of aliphatic carboxylic acids is 1. The number of carbonyl (C=O) groups excluding carboxylic acids is 1. The van der Waals surface area contributed by atoms with Gasteiger partial charge in [-0.25, -0.2) is 4.79 Å². The smallest absolute Gasteiger partial charge is 0.326 e. The van der Waals surface area contributed by atoms with Gasteiger partial charge in [-0.2, -0.15) is 0 Å². The molecule has 1 atom stereocenters. The molecule has 21 heavy (non-hydrogen) atoms. The lowest BCUT2D eigenvalue weighted by Crippen LogP contribution is -2.49. The fourth-order valence-corrected chi connectivity index (χ4v) is 2.19. The highest BCUT2D eigenvalue weighted by atomic mass is 16.4. The number of hydrogen-bond donors (Lipinski definition) is 2. The zero-order valence-corrected chi connectivity index (χ0v) is 12.4. The lowest BCUT2D eigenvalue weighted by atomic mass is 9.86. The first-order valence-corrected chi connectivity index (χ1v) is 6.81. The zero-order chi connectivity index (χ0) is 15.6. The molecule has 4 nitrogen and oxygen atoms in total. The van der Waals surface area contributed by atoms with E-state index in [1.165, 1.54) is 0 Å². The van der Waals surface area contributed by atoms with Crippen molar-refractivity contribution in [3.8, 4) is 0 Å². The minimum atomic E-state index is -1.03. The Hall–Kier alpha value is -2.36. The van der Waals surface area contributed by atoms with Crippen LogP contribution in [0.25, 0.3) is 10.8 Å². The molecule has 2 aromatic carbocycles. The lowest BCUT2D eigenvalue weighted by Gasteiger charge is -2.27. The molecule has 0 bridgehead atoms. The van der Waals surface area contributed by atoms with Crippen LogP contribution in [-0.4, -0.2) is 23.0 Å². The third-order valence-electron chi connectivity index (χ3n) is 3.40. The van der Waals surface area contributed by atoms with Gasteiger partial charge in [0.1, 0.15) is 6.04 Å². The van der Waals surface area contributed by atoms with Gasteiger partial charge in [-0.3, -0.25) is 4.79 Å². The molecule has 0 saturated heterocycles. The molecular formula is C17H19NO3. The average Bonchev–Trinajstić information content (AvgIpc) is 2.42. The number of amides is 1. The van der Waals surface area contributed by atoms with Crippen LogP contribution in [-0.2, 0) is 4.79 Å². The van der Waals surface area contributed by atoms with Crippen molar-refractivity contribution in [2.24, 2.45) is 5.41 Å². The Labute approximate surface area is 123 Å². The van der Waals surface area contributed by atoms with Crippen LogP contribution >= 0.6 is 0 Å². The summed E-state index contributed by atoms with van der Waals surface area (Å²) in [6.07, 6.45) is 0. The van der Waals surface area contributed by atoms with E-state index in [1.807, 2.05) is 30.3 Å². The van der Waals surface area contributed by atoms with Gasteiger partial charge in [0.25, 0.3) is 5.91 Å². The maximum atomic E-state index is 12.3. The summed E-state index contributed by atoms with van der Waals surface area (Å²) in [4.78, 5) is 23.6. The minimum absolute atomic E-state index is 0.372. The Morgan fingerprint density at radius 1 is 1.05 bits per heavy atom. The van der Waals surface area contributed by atoms with Gasteiger partial charge in [0.15, 0.2) is 0 Å². The van der Waals surface area contributed by atoms with E-state index < -0.39 is 17.4 Å². The molecular weight excluding hydrogens is 266 g/mol. The quantitative estimate of drug-likeness (QED) is 0.910. The van der Waals surface area contributed by atoms with E-state index in [0.717, 1.165) is 10.8 Å². The molecule has 1 amide bonds. The predicted molar refractivity (Wildman–Crippen MR) is 82.3 cm³/mol. The second-order valence-corrected chi connectivity index (χ2v) is 6.17. The number of rotatable bonds is 3. The van der Waals surface area contributed by atoms with Gasteiger partial charge in [-0.15, -0.1) is 0 Å². The largest absolute Gasteiger partial charge is 0.480 e. The van der Waals surface area contributed by atoms with Crippen LogP contribution in [0.3, 0.4) is 0 Å². The van der Waals surface area contributed by atoms with Crippen LogP contribution in [0, 0.1) is 5.41 Å². The average molecular weight is 285 g/mol. The van der Waals surface area contributed by atoms with Crippen molar-refractivity contribution in [2.45, 2.75) is 26.8 Å². The second kappa shape index (κ2) is 5.56. The van der Waals surface area contributed by atoms with Gasteiger partial charge in [0.05, 0.1) is 0 Å². The molecule has 0 unspecified atom stereocenters. The summed E-state index contributed by atoms with van der Waals surface area (Å²) in [6, 6.07) is 12.1. The van der Waals surface area contributed by atoms with Crippen LogP contribution in [0.1, 0.15) is 31.1 Å². The standard InChI is InChI=1S/C17H19NO3/c1-17(2,3)14(16(20)21)18-15(19)13-9-8-11-6-4-5-7-12(11)10-13/h4-10,14H,1-3H3,(H,18,19)(H,20,21)/t14-/m0/s1. The second-order valence-electron chi connectivity index (χ2n) is 6.17. The first-order valence-electron chi connectivity index (χ1n) is 6.81. The SMILES string of the molecule is CC(C)(C)[C@@H](NC(=O)c1ccc2ccccc2c1)C(=O)O. The number of carboxylic acid groups (broad SMARTS) is 1. The molecule has 0 aliphatic heterocycles. The summed E-state index contributed by atoms with van der Waals surface area (Å²) >= 11 is 0. The molecule has 2 rings (SSSR count). The van der Waals surface area contributed by atoms with Crippen molar-refractivity contribution < 1.29 is 14.7 Å². The molecule has 0 radical (unpaired) electrons. The van der Waals surface area contributed by atoms with Crippen molar-refractivity contribution in [2.75, 3.05) is 0 Å². The zero-order valence-electron chi connectivity index (χ0n) is 12.4. The summed E-state index contributed by atoms with van der Waals surface area (Å²) in [7, 11) is 0. The van der Waals surface area contributed by atoms with Gasteiger partial charge in [0.2, 0.25) is 0 Å². The maximum Gasteiger partial charge on any atom is 0.326 e. The topological polar surface area (TPSA) is 66.4 Å². The molecule has 0 fully saturated rings.